The van der Waals surface area contributed by atoms with Gasteiger partial charge in [0.05, 0.1) is 46.1 Å². The number of hydroxylamine groups is 3. The second kappa shape index (κ2) is 7.31. The van der Waals surface area contributed by atoms with Crippen LogP contribution in [0.4, 0.5) is 5.69 Å². The molecule has 6 heteroatoms. The van der Waals surface area contributed by atoms with Gasteiger partial charge in [-0.15, -0.1) is 0 Å². The van der Waals surface area contributed by atoms with Gasteiger partial charge < -0.3 is 9.32 Å². The Morgan fingerprint density at radius 1 is 1.13 bits per heavy atom. The van der Waals surface area contributed by atoms with Crippen molar-refractivity contribution in [3.8, 4) is 5.75 Å². The first-order valence-electron chi connectivity index (χ1n) is 10.4. The zero-order chi connectivity index (χ0) is 22.7. The van der Waals surface area contributed by atoms with E-state index in [-0.39, 0.29) is 10.4 Å². The summed E-state index contributed by atoms with van der Waals surface area (Å²) < 4.78 is -0.209. The lowest BCUT2D eigenvalue weighted by Crippen LogP contribution is -2.67. The van der Waals surface area contributed by atoms with Crippen molar-refractivity contribution in [1.82, 2.24) is 4.48 Å². The van der Waals surface area contributed by atoms with E-state index >= 15 is 0 Å². The third kappa shape index (κ3) is 3.78. The van der Waals surface area contributed by atoms with Gasteiger partial charge in [-0.3, -0.25) is 4.48 Å². The van der Waals surface area contributed by atoms with Gasteiger partial charge in [-0.05, 0) is 13.0 Å². The predicted molar refractivity (Wildman–Crippen MR) is 121 cm³/mol. The van der Waals surface area contributed by atoms with Crippen LogP contribution in [0.25, 0.3) is 0 Å². The van der Waals surface area contributed by atoms with E-state index < -0.39 is 10.2 Å². The van der Waals surface area contributed by atoms with Crippen LogP contribution in [-0.2, 0) is 6.54 Å². The molecule has 0 saturated carbocycles. The predicted octanol–water partition coefficient (Wildman–Crippen LogP) is 4.75. The highest BCUT2D eigenvalue weighted by Crippen LogP contribution is 2.47. The summed E-state index contributed by atoms with van der Waals surface area (Å²) in [6, 6.07) is 13.5. The molecule has 2 aromatic rings. The molecule has 0 spiro atoms. The summed E-state index contributed by atoms with van der Waals surface area (Å²) in [4.78, 5) is 19.5. The molecule has 0 bridgehead atoms. The van der Waals surface area contributed by atoms with E-state index in [1.807, 2.05) is 25.1 Å². The fourth-order valence-electron chi connectivity index (χ4n) is 4.56. The molecular formula is C25H29ClN3O2+3. The number of likely N-dealkylation sites (tertiary alicyclic amines) is 1. The number of amides is 1. The molecule has 5 nitrogen and oxygen atoms in total. The van der Waals surface area contributed by atoms with E-state index in [2.05, 4.69) is 12.1 Å². The molecule has 2 aliphatic rings. The molecule has 4 rings (SSSR count). The maximum Gasteiger partial charge on any atom is 0.392 e. The van der Waals surface area contributed by atoms with E-state index in [9.17, 15) is 4.79 Å². The van der Waals surface area contributed by atoms with Crippen LogP contribution in [-0.4, -0.2) is 47.8 Å². The molecule has 2 aromatic carbocycles. The molecule has 0 aliphatic carbocycles. The lowest BCUT2D eigenvalue weighted by Gasteiger charge is -2.47. The van der Waals surface area contributed by atoms with Crippen LogP contribution in [0.15, 0.2) is 42.5 Å². The highest BCUT2D eigenvalue weighted by molar-refractivity contribution is 6.33. The topological polar surface area (TPSA) is 26.3 Å². The van der Waals surface area contributed by atoms with Crippen molar-refractivity contribution >= 4 is 23.2 Å². The van der Waals surface area contributed by atoms with E-state index in [4.69, 9.17) is 37.6 Å². The Kier molecular flexibility index (Phi) is 5.25. The molecule has 1 amide bonds. The molecule has 2 heterocycles. The average molecular weight is 439 g/mol. The maximum atomic E-state index is 13.4. The molecule has 2 aliphatic heterocycles. The molecule has 1 atom stereocenters. The number of carbonyl (C=O) groups is 1. The fourth-order valence-corrected chi connectivity index (χ4v) is 4.94. The minimum atomic E-state index is -0.633. The maximum absolute atomic E-state index is 13.4. The normalized spacial score (nSPS) is 30.7. The van der Waals surface area contributed by atoms with Crippen molar-refractivity contribution in [2.45, 2.75) is 31.8 Å². The first-order chi connectivity index (χ1) is 14.4. The van der Waals surface area contributed by atoms with Gasteiger partial charge in [0, 0.05) is 5.56 Å². The first-order valence-corrected chi connectivity index (χ1v) is 10.8. The largest absolute Gasteiger partial charge is 0.392 e. The Bertz CT molecular complexity index is 1010. The van der Waals surface area contributed by atoms with Crippen LogP contribution in [0.2, 0.25) is 5.02 Å². The summed E-state index contributed by atoms with van der Waals surface area (Å²) in [6.07, 6.45) is 1.29. The van der Waals surface area contributed by atoms with Crippen molar-refractivity contribution in [1.29, 1.82) is 0 Å². The van der Waals surface area contributed by atoms with Gasteiger partial charge in [0.15, 0.2) is 11.2 Å². The van der Waals surface area contributed by atoms with Crippen molar-refractivity contribution in [2.75, 3.05) is 27.2 Å². The summed E-state index contributed by atoms with van der Waals surface area (Å²) in [5.41, 5.74) is 1.61. The van der Waals surface area contributed by atoms with Crippen molar-refractivity contribution in [3.05, 3.63) is 79.8 Å². The van der Waals surface area contributed by atoms with Gasteiger partial charge in [-0.2, -0.15) is 0 Å². The molecule has 6 radical (unpaired) electrons. The van der Waals surface area contributed by atoms with Crippen LogP contribution in [0.1, 0.15) is 35.7 Å². The number of hydrogen-bond donors (Lipinski definition) is 0. The molecule has 1 fully saturated rings. The zero-order valence-electron chi connectivity index (χ0n) is 18.3. The second-order valence-electron chi connectivity index (χ2n) is 9.70. The third-order valence-electron chi connectivity index (χ3n) is 6.78. The second-order valence-corrected chi connectivity index (χ2v) is 10.1. The van der Waals surface area contributed by atoms with Crippen LogP contribution in [0.3, 0.4) is 0 Å². The third-order valence-corrected chi connectivity index (χ3v) is 7.08. The quantitative estimate of drug-likeness (QED) is 0.644. The minimum Gasteiger partial charge on any atom is -0.307 e. The van der Waals surface area contributed by atoms with E-state index in [0.717, 1.165) is 6.54 Å². The Morgan fingerprint density at radius 2 is 1.74 bits per heavy atom. The summed E-state index contributed by atoms with van der Waals surface area (Å²) in [6.45, 7) is 4.11. The Labute approximate surface area is 191 Å². The number of quaternary nitrogens is 3. The van der Waals surface area contributed by atoms with Crippen LogP contribution >= 0.6 is 11.6 Å². The number of halogens is 1. The SMILES string of the molecule is [CH][N+]1(Cc2ccccc2)CCC(C)([N+]2([CH])Oc3cc([N+]([CH])(C)C)c(Cl)cc3C2=O)CC1. The molecule has 31 heavy (non-hydrogen) atoms. The summed E-state index contributed by atoms with van der Waals surface area (Å²) in [5, 5.41) is 0.408. The fraction of sp³-hybridized carbons (Fsp3) is 0.360. The minimum absolute atomic E-state index is 0.0121. The number of piperidine rings is 1. The molecule has 1 unspecified atom stereocenters. The van der Waals surface area contributed by atoms with E-state index in [0.29, 0.717) is 52.4 Å². The number of nitrogens with zero attached hydrogens (tertiary/aromatic N) is 3. The molecule has 0 N–H and O–H groups in total. The molecule has 1 saturated heterocycles. The van der Waals surface area contributed by atoms with Crippen molar-refractivity contribution in [3.63, 3.8) is 0 Å². The molecule has 0 aromatic heterocycles. The monoisotopic (exact) mass is 438 g/mol. The Morgan fingerprint density at radius 3 is 2.32 bits per heavy atom. The number of carbonyl (C=O) groups excluding carboxylic acids is 1. The van der Waals surface area contributed by atoms with Gasteiger partial charge >= 0.3 is 5.91 Å². The average Bonchev–Trinajstić information content (AvgIpc) is 2.96. The van der Waals surface area contributed by atoms with Gasteiger partial charge in [0.1, 0.15) is 17.1 Å². The van der Waals surface area contributed by atoms with Gasteiger partial charge in [-0.25, -0.2) is 4.79 Å². The summed E-state index contributed by atoms with van der Waals surface area (Å²) in [7, 11) is 23.1. The molecular weight excluding hydrogens is 410 g/mol. The lowest BCUT2D eigenvalue weighted by atomic mass is 9.85. The van der Waals surface area contributed by atoms with Crippen LogP contribution in [0, 0.1) is 21.1 Å². The number of rotatable bonds is 4. The van der Waals surface area contributed by atoms with Gasteiger partial charge in [0.2, 0.25) is 19.8 Å². The Balaban J connectivity index is 1.57. The van der Waals surface area contributed by atoms with Gasteiger partial charge in [0.25, 0.3) is 7.05 Å². The first kappa shape index (κ1) is 22.3. The highest BCUT2D eigenvalue weighted by atomic mass is 35.5. The van der Waals surface area contributed by atoms with Crippen molar-refractivity contribution in [2.24, 2.45) is 0 Å². The van der Waals surface area contributed by atoms with E-state index in [1.54, 1.807) is 26.2 Å². The van der Waals surface area contributed by atoms with E-state index in [1.165, 1.54) is 5.56 Å². The zero-order valence-corrected chi connectivity index (χ0v) is 19.1. The smallest absolute Gasteiger partial charge is 0.307 e. The Hall–Kier alpha value is -1.92. The highest BCUT2D eigenvalue weighted by Gasteiger charge is 2.62. The summed E-state index contributed by atoms with van der Waals surface area (Å²) >= 11 is 6.42. The molecule has 160 valence electrons. The van der Waals surface area contributed by atoms with Crippen LogP contribution in [0.5, 0.6) is 5.75 Å². The standard InChI is InChI=1S/C25H29ClN3O2/c1-25(12-14-28(5,15-13-25)18-19-10-8-7-9-11-19)29(6)24(30)20-16-21(26)22(27(2,3)4)17-23(20)31-29/h2,5-11,16-17H,12-15,18H2,1,3-4H3/q+3. The lowest BCUT2D eigenvalue weighted by molar-refractivity contribution is -1.02. The van der Waals surface area contributed by atoms with Gasteiger partial charge in [-0.1, -0.05) is 46.6 Å². The number of fused-ring (bicyclic) bond motifs is 1. The van der Waals surface area contributed by atoms with Crippen molar-refractivity contribution < 1.29 is 18.8 Å². The van der Waals surface area contributed by atoms with Crippen LogP contribution < -0.4 is 9.32 Å². The number of benzene rings is 2. The number of hydrogen-bond acceptors (Lipinski definition) is 2. The summed E-state index contributed by atoms with van der Waals surface area (Å²) in [5.74, 6) is 0.112.